The summed E-state index contributed by atoms with van der Waals surface area (Å²) >= 11 is 0. The van der Waals surface area contributed by atoms with Gasteiger partial charge in [-0.1, -0.05) is 0 Å². The zero-order chi connectivity index (χ0) is 9.23. The molecule has 1 N–H and O–H groups in total. The number of nitrogens with one attached hydrogen (secondary N) is 1. The van der Waals surface area contributed by atoms with Gasteiger partial charge in [0.05, 0.1) is 6.07 Å². The van der Waals surface area contributed by atoms with Crippen LogP contribution in [0, 0.1) is 11.3 Å². The number of nitriles is 1. The average Bonchev–Trinajstić information content (AvgIpc) is 2.02. The monoisotopic (exact) mass is 188 g/mol. The molecule has 12 heavy (non-hydrogen) atoms. The summed E-state index contributed by atoms with van der Waals surface area (Å²) in [6.45, 7) is 1.74. The van der Waals surface area contributed by atoms with E-state index in [0.717, 1.165) is 31.7 Å². The van der Waals surface area contributed by atoms with Crippen molar-refractivity contribution in [2.75, 3.05) is 25.1 Å². The molecule has 0 aromatic heterocycles. The van der Waals surface area contributed by atoms with E-state index in [1.165, 1.54) is 0 Å². The molecule has 4 heteroatoms. The van der Waals surface area contributed by atoms with E-state index in [1.54, 1.807) is 6.26 Å². The molecule has 0 aromatic carbocycles. The lowest BCUT2D eigenvalue weighted by atomic mass is 10.2. The molecule has 0 saturated heterocycles. The van der Waals surface area contributed by atoms with Crippen molar-refractivity contribution in [2.24, 2.45) is 0 Å². The first kappa shape index (κ1) is 11.6. The summed E-state index contributed by atoms with van der Waals surface area (Å²) in [6.07, 6.45) is 4.33. The van der Waals surface area contributed by atoms with Gasteiger partial charge in [-0.25, -0.2) is 0 Å². The zero-order valence-electron chi connectivity index (χ0n) is 7.51. The molecule has 0 rings (SSSR count). The first-order chi connectivity index (χ1) is 5.77. The van der Waals surface area contributed by atoms with Gasteiger partial charge in [-0.05, 0) is 19.4 Å². The van der Waals surface area contributed by atoms with Crippen LogP contribution in [0.2, 0.25) is 0 Å². The van der Waals surface area contributed by atoms with Gasteiger partial charge < -0.3 is 5.32 Å². The Morgan fingerprint density at radius 2 is 2.17 bits per heavy atom. The number of hydrogen-bond acceptors (Lipinski definition) is 3. The fourth-order valence-corrected chi connectivity index (χ4v) is 1.23. The van der Waals surface area contributed by atoms with Gasteiger partial charge in [0.15, 0.2) is 0 Å². The van der Waals surface area contributed by atoms with E-state index in [-0.39, 0.29) is 0 Å². The second-order valence-corrected chi connectivity index (χ2v) is 4.20. The van der Waals surface area contributed by atoms with Crippen LogP contribution >= 0.6 is 0 Å². The third-order valence-corrected chi connectivity index (χ3v) is 2.24. The van der Waals surface area contributed by atoms with E-state index >= 15 is 0 Å². The second-order valence-electron chi connectivity index (χ2n) is 2.64. The Labute approximate surface area is 76.6 Å². The fraction of sp³-hybridized carbons (Fsp3) is 0.875. The van der Waals surface area contributed by atoms with Gasteiger partial charge in [0.25, 0.3) is 0 Å². The Hall–Kier alpha value is -0.400. The van der Waals surface area contributed by atoms with Crippen molar-refractivity contribution in [3.05, 3.63) is 0 Å². The highest BCUT2D eigenvalue weighted by Crippen LogP contribution is 1.90. The standard InChI is InChI=1S/C8H16N2OS/c1-12(11)8-7-10-6-4-2-3-5-9/h10H,2-4,6-8H2,1H3. The van der Waals surface area contributed by atoms with Crippen LogP contribution in [0.5, 0.6) is 0 Å². The summed E-state index contributed by atoms with van der Waals surface area (Å²) in [5.74, 6) is 0.720. The summed E-state index contributed by atoms with van der Waals surface area (Å²) < 4.78 is 10.6. The molecule has 0 aliphatic rings. The van der Waals surface area contributed by atoms with Gasteiger partial charge in [0.1, 0.15) is 0 Å². The second kappa shape index (κ2) is 8.69. The lowest BCUT2D eigenvalue weighted by Crippen LogP contribution is -2.21. The largest absolute Gasteiger partial charge is 0.316 e. The molecule has 0 aliphatic carbocycles. The quantitative estimate of drug-likeness (QED) is 0.597. The van der Waals surface area contributed by atoms with Crippen LogP contribution in [0.1, 0.15) is 19.3 Å². The van der Waals surface area contributed by atoms with Crippen molar-refractivity contribution in [3.63, 3.8) is 0 Å². The van der Waals surface area contributed by atoms with E-state index in [2.05, 4.69) is 11.4 Å². The average molecular weight is 188 g/mol. The molecule has 0 amide bonds. The van der Waals surface area contributed by atoms with E-state index in [1.807, 2.05) is 0 Å². The van der Waals surface area contributed by atoms with Gasteiger partial charge in [0.2, 0.25) is 0 Å². The van der Waals surface area contributed by atoms with Crippen molar-refractivity contribution in [2.45, 2.75) is 19.3 Å². The van der Waals surface area contributed by atoms with E-state index in [4.69, 9.17) is 5.26 Å². The van der Waals surface area contributed by atoms with E-state index in [9.17, 15) is 4.21 Å². The maximum absolute atomic E-state index is 10.6. The molecule has 3 nitrogen and oxygen atoms in total. The molecule has 0 aromatic rings. The van der Waals surface area contributed by atoms with E-state index < -0.39 is 10.8 Å². The van der Waals surface area contributed by atoms with Crippen molar-refractivity contribution in [1.82, 2.24) is 5.32 Å². The smallest absolute Gasteiger partial charge is 0.0621 e. The molecule has 0 spiro atoms. The minimum absolute atomic E-state index is 0.640. The van der Waals surface area contributed by atoms with Crippen LogP contribution in [0.15, 0.2) is 0 Å². The predicted octanol–water partition coefficient (Wildman–Crippen LogP) is 0.648. The molecule has 0 saturated carbocycles. The van der Waals surface area contributed by atoms with Crippen LogP contribution in [-0.2, 0) is 10.8 Å². The summed E-state index contributed by atoms with van der Waals surface area (Å²) in [5.41, 5.74) is 0. The van der Waals surface area contributed by atoms with Crippen molar-refractivity contribution in [3.8, 4) is 6.07 Å². The Kier molecular flexibility index (Phi) is 8.40. The summed E-state index contributed by atoms with van der Waals surface area (Å²) in [7, 11) is -0.689. The highest BCUT2D eigenvalue weighted by Gasteiger charge is 1.90. The molecule has 0 radical (unpaired) electrons. The summed E-state index contributed by atoms with van der Waals surface area (Å²) in [5, 5.41) is 11.4. The Bertz CT molecular complexity index is 165. The number of rotatable bonds is 7. The molecular weight excluding hydrogens is 172 g/mol. The summed E-state index contributed by atoms with van der Waals surface area (Å²) in [6, 6.07) is 2.10. The van der Waals surface area contributed by atoms with Crippen LogP contribution in [0.25, 0.3) is 0 Å². The fourth-order valence-electron chi connectivity index (χ4n) is 0.795. The van der Waals surface area contributed by atoms with Gasteiger partial charge in [-0.3, -0.25) is 4.21 Å². The first-order valence-corrected chi connectivity index (χ1v) is 5.88. The highest BCUT2D eigenvalue weighted by molar-refractivity contribution is 7.84. The van der Waals surface area contributed by atoms with E-state index in [0.29, 0.717) is 6.42 Å². The molecule has 1 atom stereocenters. The molecule has 1 unspecified atom stereocenters. The number of unbranched alkanes of at least 4 members (excludes halogenated alkanes) is 2. The SMILES string of the molecule is CS(=O)CCNCCCCC#N. The van der Waals surface area contributed by atoms with Crippen molar-refractivity contribution in [1.29, 1.82) is 5.26 Å². The Morgan fingerprint density at radius 3 is 2.75 bits per heavy atom. The van der Waals surface area contributed by atoms with Crippen molar-refractivity contribution < 1.29 is 4.21 Å². The third-order valence-electron chi connectivity index (χ3n) is 1.46. The molecule has 0 heterocycles. The van der Waals surface area contributed by atoms with Crippen LogP contribution in [-0.4, -0.2) is 29.3 Å². The lowest BCUT2D eigenvalue weighted by Gasteiger charge is -2.00. The number of nitrogens with zero attached hydrogens (tertiary/aromatic N) is 1. The number of hydrogen-bond donors (Lipinski definition) is 1. The Morgan fingerprint density at radius 1 is 1.42 bits per heavy atom. The van der Waals surface area contributed by atoms with Gasteiger partial charge >= 0.3 is 0 Å². The minimum Gasteiger partial charge on any atom is -0.316 e. The van der Waals surface area contributed by atoms with Gasteiger partial charge in [0, 0.05) is 35.8 Å². The highest BCUT2D eigenvalue weighted by atomic mass is 32.2. The minimum atomic E-state index is -0.689. The molecular formula is C8H16N2OS. The third kappa shape index (κ3) is 9.60. The van der Waals surface area contributed by atoms with Gasteiger partial charge in [-0.2, -0.15) is 5.26 Å². The maximum Gasteiger partial charge on any atom is 0.0621 e. The van der Waals surface area contributed by atoms with Crippen LogP contribution < -0.4 is 5.32 Å². The predicted molar refractivity (Wildman–Crippen MR) is 51.3 cm³/mol. The lowest BCUT2D eigenvalue weighted by molar-refractivity contribution is 0.643. The molecule has 0 aliphatic heterocycles. The van der Waals surface area contributed by atoms with Gasteiger partial charge in [-0.15, -0.1) is 0 Å². The molecule has 0 fully saturated rings. The normalized spacial score (nSPS) is 12.3. The summed E-state index contributed by atoms with van der Waals surface area (Å²) in [4.78, 5) is 0. The van der Waals surface area contributed by atoms with Crippen LogP contribution in [0.4, 0.5) is 0 Å². The maximum atomic E-state index is 10.6. The topological polar surface area (TPSA) is 52.9 Å². The molecule has 70 valence electrons. The first-order valence-electron chi connectivity index (χ1n) is 4.15. The van der Waals surface area contributed by atoms with Crippen LogP contribution in [0.3, 0.4) is 0 Å². The Balaban J connectivity index is 2.92. The molecule has 0 bridgehead atoms. The zero-order valence-corrected chi connectivity index (χ0v) is 8.32. The van der Waals surface area contributed by atoms with Crippen molar-refractivity contribution >= 4 is 10.8 Å².